The molecule has 0 aromatic rings. The van der Waals surface area contributed by atoms with Gasteiger partial charge >= 0.3 is 0 Å². The molecular formula is C8H18N2O. The second-order valence-electron chi connectivity index (χ2n) is 3.51. The molecule has 11 heavy (non-hydrogen) atoms. The van der Waals surface area contributed by atoms with Crippen molar-refractivity contribution in [2.24, 2.45) is 11.7 Å². The zero-order valence-corrected chi connectivity index (χ0v) is 7.16. The van der Waals surface area contributed by atoms with E-state index in [-0.39, 0.29) is 0 Å². The summed E-state index contributed by atoms with van der Waals surface area (Å²) in [5.41, 5.74) is 5.89. The lowest BCUT2D eigenvalue weighted by atomic mass is 9.99. The molecule has 0 bridgehead atoms. The molecule has 0 spiro atoms. The molecule has 0 aromatic heterocycles. The van der Waals surface area contributed by atoms with Gasteiger partial charge in [0, 0.05) is 25.7 Å². The van der Waals surface area contributed by atoms with Crippen LogP contribution in [0, 0.1) is 5.92 Å². The summed E-state index contributed by atoms with van der Waals surface area (Å²) in [6.07, 6.45) is 1.97. The zero-order valence-electron chi connectivity index (χ0n) is 7.16. The SMILES string of the molecule is CN1CC(N)C(CCCO)C1. The van der Waals surface area contributed by atoms with E-state index in [0.29, 0.717) is 18.6 Å². The Balaban J connectivity index is 2.23. The number of hydrogen-bond donors (Lipinski definition) is 2. The Hall–Kier alpha value is -0.120. The van der Waals surface area contributed by atoms with Crippen molar-refractivity contribution in [1.29, 1.82) is 0 Å². The molecule has 1 saturated heterocycles. The number of likely N-dealkylation sites (N-methyl/N-ethyl adjacent to an activating group) is 1. The fourth-order valence-corrected chi connectivity index (χ4v) is 1.78. The van der Waals surface area contributed by atoms with Crippen molar-refractivity contribution in [3.05, 3.63) is 0 Å². The summed E-state index contributed by atoms with van der Waals surface area (Å²) in [4.78, 5) is 2.26. The average molecular weight is 158 g/mol. The highest BCUT2D eigenvalue weighted by Gasteiger charge is 2.26. The van der Waals surface area contributed by atoms with Crippen molar-refractivity contribution in [2.45, 2.75) is 18.9 Å². The van der Waals surface area contributed by atoms with E-state index < -0.39 is 0 Å². The van der Waals surface area contributed by atoms with Crippen LogP contribution in [-0.2, 0) is 0 Å². The van der Waals surface area contributed by atoms with Gasteiger partial charge in [0.15, 0.2) is 0 Å². The highest BCUT2D eigenvalue weighted by atomic mass is 16.2. The monoisotopic (exact) mass is 158 g/mol. The van der Waals surface area contributed by atoms with Crippen molar-refractivity contribution in [3.8, 4) is 0 Å². The maximum Gasteiger partial charge on any atom is 0.0431 e. The van der Waals surface area contributed by atoms with Gasteiger partial charge in [-0.15, -0.1) is 0 Å². The van der Waals surface area contributed by atoms with E-state index in [1.807, 2.05) is 0 Å². The number of rotatable bonds is 3. The quantitative estimate of drug-likeness (QED) is 0.590. The van der Waals surface area contributed by atoms with Crippen LogP contribution >= 0.6 is 0 Å². The minimum atomic E-state index is 0.299. The Morgan fingerprint density at radius 1 is 1.55 bits per heavy atom. The Bertz CT molecular complexity index is 119. The Morgan fingerprint density at radius 2 is 2.27 bits per heavy atom. The van der Waals surface area contributed by atoms with Crippen LogP contribution in [-0.4, -0.2) is 42.8 Å². The third kappa shape index (κ3) is 2.43. The number of aliphatic hydroxyl groups excluding tert-OH is 1. The van der Waals surface area contributed by atoms with Crippen LogP contribution in [0.1, 0.15) is 12.8 Å². The normalized spacial score (nSPS) is 33.0. The lowest BCUT2D eigenvalue weighted by molar-refractivity contribution is 0.268. The van der Waals surface area contributed by atoms with Gasteiger partial charge in [-0.05, 0) is 25.8 Å². The third-order valence-electron chi connectivity index (χ3n) is 2.41. The maximum atomic E-state index is 8.62. The zero-order chi connectivity index (χ0) is 8.27. The van der Waals surface area contributed by atoms with Crippen molar-refractivity contribution in [1.82, 2.24) is 4.90 Å². The van der Waals surface area contributed by atoms with Gasteiger partial charge in [0.05, 0.1) is 0 Å². The molecule has 3 N–H and O–H groups in total. The van der Waals surface area contributed by atoms with Crippen LogP contribution in [0.15, 0.2) is 0 Å². The van der Waals surface area contributed by atoms with E-state index in [4.69, 9.17) is 10.8 Å². The topological polar surface area (TPSA) is 49.5 Å². The number of nitrogens with two attached hydrogens (primary N) is 1. The van der Waals surface area contributed by atoms with Crippen LogP contribution in [0.4, 0.5) is 0 Å². The molecule has 0 aliphatic carbocycles. The summed E-state index contributed by atoms with van der Waals surface area (Å²) in [6.45, 7) is 2.41. The van der Waals surface area contributed by atoms with Gasteiger partial charge < -0.3 is 15.7 Å². The first-order valence-electron chi connectivity index (χ1n) is 4.29. The maximum absolute atomic E-state index is 8.62. The van der Waals surface area contributed by atoms with Crippen LogP contribution in [0.2, 0.25) is 0 Å². The molecule has 66 valence electrons. The Labute approximate surface area is 68.2 Å². The largest absolute Gasteiger partial charge is 0.396 e. The summed E-state index contributed by atoms with van der Waals surface area (Å²) < 4.78 is 0. The summed E-state index contributed by atoms with van der Waals surface area (Å²) >= 11 is 0. The molecule has 3 heteroatoms. The van der Waals surface area contributed by atoms with E-state index in [1.54, 1.807) is 0 Å². The first-order valence-corrected chi connectivity index (χ1v) is 4.29. The third-order valence-corrected chi connectivity index (χ3v) is 2.41. The number of nitrogens with zero attached hydrogens (tertiary/aromatic N) is 1. The Kier molecular flexibility index (Phi) is 3.30. The van der Waals surface area contributed by atoms with Gasteiger partial charge in [-0.1, -0.05) is 0 Å². The fourth-order valence-electron chi connectivity index (χ4n) is 1.78. The molecule has 1 aliphatic heterocycles. The van der Waals surface area contributed by atoms with Crippen molar-refractivity contribution in [3.63, 3.8) is 0 Å². The lowest BCUT2D eigenvalue weighted by Crippen LogP contribution is -2.29. The van der Waals surface area contributed by atoms with Crippen molar-refractivity contribution in [2.75, 3.05) is 26.7 Å². The van der Waals surface area contributed by atoms with Crippen LogP contribution < -0.4 is 5.73 Å². The average Bonchev–Trinajstić information content (AvgIpc) is 2.26. The van der Waals surface area contributed by atoms with Gasteiger partial charge in [0.2, 0.25) is 0 Å². The molecule has 1 fully saturated rings. The predicted octanol–water partition coefficient (Wildman–Crippen LogP) is -0.352. The second kappa shape index (κ2) is 4.04. The molecule has 0 saturated carbocycles. The van der Waals surface area contributed by atoms with Gasteiger partial charge in [-0.2, -0.15) is 0 Å². The lowest BCUT2D eigenvalue weighted by Gasteiger charge is -2.12. The summed E-state index contributed by atoms with van der Waals surface area (Å²) in [7, 11) is 2.10. The fraction of sp³-hybridized carbons (Fsp3) is 1.00. The predicted molar refractivity (Wildman–Crippen MR) is 45.3 cm³/mol. The molecule has 1 heterocycles. The molecule has 0 aromatic carbocycles. The van der Waals surface area contributed by atoms with Crippen molar-refractivity contribution >= 4 is 0 Å². The standard InChI is InChI=1S/C8H18N2O/c1-10-5-7(3-2-4-11)8(9)6-10/h7-8,11H,2-6,9H2,1H3. The minimum Gasteiger partial charge on any atom is -0.396 e. The number of likely N-dealkylation sites (tertiary alicyclic amines) is 1. The molecule has 2 atom stereocenters. The van der Waals surface area contributed by atoms with Crippen LogP contribution in [0.25, 0.3) is 0 Å². The smallest absolute Gasteiger partial charge is 0.0431 e. The molecule has 1 rings (SSSR count). The van der Waals surface area contributed by atoms with Gasteiger partial charge in [-0.3, -0.25) is 0 Å². The van der Waals surface area contributed by atoms with Gasteiger partial charge in [0.1, 0.15) is 0 Å². The summed E-state index contributed by atoms with van der Waals surface area (Å²) in [5.74, 6) is 0.604. The van der Waals surface area contributed by atoms with Crippen LogP contribution in [0.3, 0.4) is 0 Å². The first kappa shape index (κ1) is 8.97. The Morgan fingerprint density at radius 3 is 2.73 bits per heavy atom. The first-order chi connectivity index (χ1) is 5.24. The summed E-state index contributed by atoms with van der Waals surface area (Å²) in [6, 6.07) is 0.326. The van der Waals surface area contributed by atoms with E-state index in [2.05, 4.69) is 11.9 Å². The van der Waals surface area contributed by atoms with E-state index in [9.17, 15) is 0 Å². The van der Waals surface area contributed by atoms with Gasteiger partial charge in [0.25, 0.3) is 0 Å². The highest BCUT2D eigenvalue weighted by molar-refractivity contribution is 4.84. The molecule has 0 radical (unpaired) electrons. The van der Waals surface area contributed by atoms with Crippen molar-refractivity contribution < 1.29 is 5.11 Å². The molecule has 3 nitrogen and oxygen atoms in total. The van der Waals surface area contributed by atoms with Crippen LogP contribution in [0.5, 0.6) is 0 Å². The van der Waals surface area contributed by atoms with E-state index in [1.165, 1.54) is 0 Å². The number of hydrogen-bond acceptors (Lipinski definition) is 3. The number of aliphatic hydroxyl groups is 1. The van der Waals surface area contributed by atoms with E-state index in [0.717, 1.165) is 25.9 Å². The molecule has 1 aliphatic rings. The molecular weight excluding hydrogens is 140 g/mol. The molecule has 2 unspecified atom stereocenters. The minimum absolute atomic E-state index is 0.299. The molecule has 0 amide bonds. The summed E-state index contributed by atoms with van der Waals surface area (Å²) in [5, 5.41) is 8.62. The highest BCUT2D eigenvalue weighted by Crippen LogP contribution is 2.18. The van der Waals surface area contributed by atoms with E-state index >= 15 is 0 Å². The van der Waals surface area contributed by atoms with Gasteiger partial charge in [-0.25, -0.2) is 0 Å². The second-order valence-corrected chi connectivity index (χ2v) is 3.51.